The summed E-state index contributed by atoms with van der Waals surface area (Å²) < 4.78 is 10.6. The monoisotopic (exact) mass is 396 g/mol. The van der Waals surface area contributed by atoms with Gasteiger partial charge in [0.15, 0.2) is 11.5 Å². The Morgan fingerprint density at radius 3 is 2.41 bits per heavy atom. The minimum atomic E-state index is -0.00109. The fraction of sp³-hybridized carbons (Fsp3) is 0.458. The zero-order chi connectivity index (χ0) is 20.6. The molecule has 2 aromatic rings. The van der Waals surface area contributed by atoms with Crippen molar-refractivity contribution < 1.29 is 14.3 Å². The number of ether oxygens (including phenoxy) is 2. The number of piperidine rings is 1. The van der Waals surface area contributed by atoms with Gasteiger partial charge >= 0.3 is 0 Å². The number of likely N-dealkylation sites (tertiary alicyclic amines) is 1. The van der Waals surface area contributed by atoms with Gasteiger partial charge in [0.05, 0.1) is 20.6 Å². The molecule has 1 amide bonds. The van der Waals surface area contributed by atoms with E-state index in [1.807, 2.05) is 24.3 Å². The normalized spacial score (nSPS) is 15.1. The zero-order valence-corrected chi connectivity index (χ0v) is 17.7. The summed E-state index contributed by atoms with van der Waals surface area (Å²) in [6.45, 7) is 6.14. The number of nitrogens with one attached hydrogen (secondary N) is 1. The highest BCUT2D eigenvalue weighted by molar-refractivity contribution is 5.78. The molecule has 1 saturated heterocycles. The molecule has 1 aliphatic heterocycles. The fourth-order valence-electron chi connectivity index (χ4n) is 3.78. The minimum Gasteiger partial charge on any atom is -0.493 e. The molecule has 0 unspecified atom stereocenters. The molecule has 29 heavy (non-hydrogen) atoms. The van der Waals surface area contributed by atoms with Crippen LogP contribution in [0.5, 0.6) is 11.5 Å². The number of hydrogen-bond acceptors (Lipinski definition) is 4. The first-order valence-electron chi connectivity index (χ1n) is 10.4. The molecule has 1 heterocycles. The summed E-state index contributed by atoms with van der Waals surface area (Å²) in [6.07, 6.45) is 2.85. The van der Waals surface area contributed by atoms with Crippen molar-refractivity contribution >= 4 is 5.91 Å². The molecular weight excluding hydrogens is 364 g/mol. The quantitative estimate of drug-likeness (QED) is 0.738. The lowest BCUT2D eigenvalue weighted by atomic mass is 9.98. The van der Waals surface area contributed by atoms with Crippen LogP contribution in [0.1, 0.15) is 36.5 Å². The van der Waals surface area contributed by atoms with Crippen LogP contribution < -0.4 is 14.8 Å². The van der Waals surface area contributed by atoms with E-state index in [0.29, 0.717) is 24.5 Å². The minimum absolute atomic E-state index is 0.00109. The molecule has 0 atom stereocenters. The highest BCUT2D eigenvalue weighted by Gasteiger charge is 2.17. The molecular formula is C24H32N2O3. The fourth-order valence-corrected chi connectivity index (χ4v) is 3.78. The lowest BCUT2D eigenvalue weighted by Gasteiger charge is -2.30. The third kappa shape index (κ3) is 5.97. The zero-order valence-electron chi connectivity index (χ0n) is 17.7. The van der Waals surface area contributed by atoms with Crippen molar-refractivity contribution in [2.45, 2.75) is 39.3 Å². The number of methoxy groups -OCH3 is 2. The van der Waals surface area contributed by atoms with E-state index in [2.05, 4.69) is 35.3 Å². The van der Waals surface area contributed by atoms with Gasteiger partial charge in [-0.2, -0.15) is 0 Å². The van der Waals surface area contributed by atoms with Crippen LogP contribution in [0.4, 0.5) is 0 Å². The summed E-state index contributed by atoms with van der Waals surface area (Å²) in [5.41, 5.74) is 3.39. The Labute approximate surface area is 174 Å². The van der Waals surface area contributed by atoms with Gasteiger partial charge in [-0.3, -0.25) is 9.69 Å². The van der Waals surface area contributed by atoms with Gasteiger partial charge < -0.3 is 14.8 Å². The molecule has 0 aliphatic carbocycles. The van der Waals surface area contributed by atoms with Crippen LogP contribution in [0.3, 0.4) is 0 Å². The Balaban J connectivity index is 1.56. The third-order valence-electron chi connectivity index (χ3n) is 5.68. The molecule has 1 N–H and O–H groups in total. The third-order valence-corrected chi connectivity index (χ3v) is 5.68. The molecule has 0 saturated carbocycles. The molecule has 3 rings (SSSR count). The van der Waals surface area contributed by atoms with E-state index >= 15 is 0 Å². The predicted molar refractivity (Wildman–Crippen MR) is 115 cm³/mol. The van der Waals surface area contributed by atoms with Gasteiger partial charge in [-0.15, -0.1) is 0 Å². The second-order valence-electron chi connectivity index (χ2n) is 7.87. The van der Waals surface area contributed by atoms with Gasteiger partial charge in [0.1, 0.15) is 0 Å². The van der Waals surface area contributed by atoms with E-state index in [1.54, 1.807) is 14.2 Å². The molecule has 0 bridgehead atoms. The van der Waals surface area contributed by atoms with Gasteiger partial charge in [0.2, 0.25) is 5.91 Å². The molecule has 1 aliphatic rings. The summed E-state index contributed by atoms with van der Waals surface area (Å²) >= 11 is 0. The van der Waals surface area contributed by atoms with Crippen molar-refractivity contribution in [3.05, 3.63) is 59.2 Å². The van der Waals surface area contributed by atoms with Gasteiger partial charge in [-0.05, 0) is 60.7 Å². The molecule has 156 valence electrons. The van der Waals surface area contributed by atoms with Crippen molar-refractivity contribution in [3.63, 3.8) is 0 Å². The number of hydrogen-bond donors (Lipinski definition) is 1. The predicted octanol–water partition coefficient (Wildman–Crippen LogP) is 3.79. The van der Waals surface area contributed by atoms with Crippen molar-refractivity contribution in [1.82, 2.24) is 10.2 Å². The first kappa shape index (κ1) is 21.2. The Bertz CT molecular complexity index is 814. The molecule has 2 aromatic carbocycles. The average molecular weight is 397 g/mol. The summed E-state index contributed by atoms with van der Waals surface area (Å²) in [7, 11) is 3.20. The van der Waals surface area contributed by atoms with Crippen LogP contribution in [-0.4, -0.2) is 38.1 Å². The van der Waals surface area contributed by atoms with Crippen molar-refractivity contribution in [2.24, 2.45) is 5.92 Å². The highest BCUT2D eigenvalue weighted by atomic mass is 16.5. The molecule has 5 nitrogen and oxygen atoms in total. The number of nitrogens with zero attached hydrogens (tertiary/aromatic N) is 1. The smallest absolute Gasteiger partial charge is 0.224 e. The maximum atomic E-state index is 12.5. The summed E-state index contributed by atoms with van der Waals surface area (Å²) in [5, 5.41) is 3.07. The number of carbonyl (C=O) groups is 1. The molecule has 0 radical (unpaired) electrons. The number of benzene rings is 2. The van der Waals surface area contributed by atoms with Gasteiger partial charge in [0.25, 0.3) is 0 Å². The summed E-state index contributed by atoms with van der Waals surface area (Å²) in [4.78, 5) is 15.0. The summed E-state index contributed by atoms with van der Waals surface area (Å²) in [6, 6.07) is 14.0. The van der Waals surface area contributed by atoms with Crippen molar-refractivity contribution in [3.8, 4) is 11.5 Å². The van der Waals surface area contributed by atoms with Crippen LogP contribution in [0.25, 0.3) is 0 Å². The standard InChI is InChI=1S/C24H32N2O3/c1-18-10-12-26(13-11-18)17-21-7-5-4-6-20(21)16-25-24(27)15-19-8-9-22(28-2)23(14-19)29-3/h4-9,14,18H,10-13,15-17H2,1-3H3,(H,25,27). The lowest BCUT2D eigenvalue weighted by Crippen LogP contribution is -2.33. The molecule has 0 aromatic heterocycles. The van der Waals surface area contributed by atoms with Crippen LogP contribution in [-0.2, 0) is 24.3 Å². The Kier molecular flexibility index (Phi) is 7.53. The maximum absolute atomic E-state index is 12.5. The van der Waals surface area contributed by atoms with Crippen molar-refractivity contribution in [2.75, 3.05) is 27.3 Å². The first-order valence-corrected chi connectivity index (χ1v) is 10.4. The molecule has 0 spiro atoms. The summed E-state index contributed by atoms with van der Waals surface area (Å²) in [5.74, 6) is 2.13. The van der Waals surface area contributed by atoms with E-state index in [4.69, 9.17) is 9.47 Å². The van der Waals surface area contributed by atoms with E-state index in [0.717, 1.165) is 31.1 Å². The van der Waals surface area contributed by atoms with Crippen LogP contribution in [0.15, 0.2) is 42.5 Å². The number of amides is 1. The number of carbonyl (C=O) groups excluding carboxylic acids is 1. The maximum Gasteiger partial charge on any atom is 0.224 e. The second kappa shape index (κ2) is 10.3. The second-order valence-corrected chi connectivity index (χ2v) is 7.87. The largest absolute Gasteiger partial charge is 0.493 e. The Morgan fingerprint density at radius 1 is 1.03 bits per heavy atom. The van der Waals surface area contributed by atoms with Crippen LogP contribution >= 0.6 is 0 Å². The number of rotatable bonds is 8. The van der Waals surface area contributed by atoms with Gasteiger partial charge in [-0.1, -0.05) is 37.3 Å². The van der Waals surface area contributed by atoms with Crippen LogP contribution in [0.2, 0.25) is 0 Å². The first-order chi connectivity index (χ1) is 14.1. The van der Waals surface area contributed by atoms with Gasteiger partial charge in [0, 0.05) is 13.1 Å². The van der Waals surface area contributed by atoms with Gasteiger partial charge in [-0.25, -0.2) is 0 Å². The van der Waals surface area contributed by atoms with E-state index in [9.17, 15) is 4.79 Å². The van der Waals surface area contributed by atoms with Crippen LogP contribution in [0, 0.1) is 5.92 Å². The topological polar surface area (TPSA) is 50.8 Å². The van der Waals surface area contributed by atoms with E-state index in [-0.39, 0.29) is 5.91 Å². The molecule has 5 heteroatoms. The average Bonchev–Trinajstić information content (AvgIpc) is 2.74. The SMILES string of the molecule is COc1ccc(CC(=O)NCc2ccccc2CN2CCC(C)CC2)cc1OC. The van der Waals surface area contributed by atoms with E-state index < -0.39 is 0 Å². The highest BCUT2D eigenvalue weighted by Crippen LogP contribution is 2.27. The lowest BCUT2D eigenvalue weighted by molar-refractivity contribution is -0.120. The Morgan fingerprint density at radius 2 is 1.72 bits per heavy atom. The van der Waals surface area contributed by atoms with E-state index in [1.165, 1.54) is 24.0 Å². The molecule has 1 fully saturated rings. The Hall–Kier alpha value is -2.53. The van der Waals surface area contributed by atoms with Crippen molar-refractivity contribution in [1.29, 1.82) is 0 Å².